The van der Waals surface area contributed by atoms with Gasteiger partial charge in [0, 0.05) is 51.3 Å². The topological polar surface area (TPSA) is 146 Å². The van der Waals surface area contributed by atoms with Crippen molar-refractivity contribution in [2.75, 3.05) is 46.5 Å². The molecule has 2 fully saturated rings. The predicted molar refractivity (Wildman–Crippen MR) is 235 cm³/mol. The molecule has 61 heavy (non-hydrogen) atoms. The molecule has 2 saturated heterocycles. The van der Waals surface area contributed by atoms with Crippen LogP contribution in [0.2, 0.25) is 5.02 Å². The summed E-state index contributed by atoms with van der Waals surface area (Å²) in [6, 6.07) is 27.0. The first-order valence-corrected chi connectivity index (χ1v) is 21.8. The van der Waals surface area contributed by atoms with Crippen LogP contribution in [0, 0.1) is 28.5 Å². The van der Waals surface area contributed by atoms with Crippen LogP contribution in [0.4, 0.5) is 4.39 Å². The van der Waals surface area contributed by atoms with Gasteiger partial charge in [-0.3, -0.25) is 19.2 Å². The van der Waals surface area contributed by atoms with Crippen LogP contribution >= 0.6 is 43.5 Å². The van der Waals surface area contributed by atoms with Gasteiger partial charge in [0.2, 0.25) is 0 Å². The van der Waals surface area contributed by atoms with Crippen LogP contribution in [0.25, 0.3) is 0 Å². The normalized spacial score (nSPS) is 14.8. The Morgan fingerprint density at radius 3 is 1.80 bits per heavy atom. The average Bonchev–Trinajstić information content (AvgIpc) is 3.25. The van der Waals surface area contributed by atoms with Crippen LogP contribution in [-0.2, 0) is 49.6 Å². The van der Waals surface area contributed by atoms with E-state index in [1.54, 1.807) is 46.2 Å². The van der Waals surface area contributed by atoms with Gasteiger partial charge in [-0.1, -0.05) is 67.7 Å². The third-order valence-corrected chi connectivity index (χ3v) is 12.1. The molecule has 0 bridgehead atoms. The number of hydrogen-bond acceptors (Lipinski definition) is 8. The number of amides is 2. The number of halogens is 4. The number of carbonyl (C=O) groups excluding carboxylic acids is 3. The highest BCUT2D eigenvalue weighted by Gasteiger charge is 2.36. The van der Waals surface area contributed by atoms with Gasteiger partial charge in [-0.2, -0.15) is 5.26 Å². The summed E-state index contributed by atoms with van der Waals surface area (Å²) in [5.41, 5.74) is 2.85. The summed E-state index contributed by atoms with van der Waals surface area (Å²) in [5.74, 6) is -0.463. The van der Waals surface area contributed by atoms with E-state index in [0.717, 1.165) is 39.3 Å². The minimum absolute atomic E-state index is 0.0541. The summed E-state index contributed by atoms with van der Waals surface area (Å²) < 4.78 is 30.7. The standard InChI is InChI=1S/C24H24BrClN2O4.C22H23BrFNO4/c1-31-23(30)13-18-12-19(25)4-7-21(18)32-15-22(29)28-10-8-24(16-27,9-11-28)14-17-2-5-20(26)6-3-17;23-18-3-6-20(17(12-18)13-22(27)28)29-14-21(26)25-9-7-16(8-10-25)11-15-1-4-19(24)5-2-15/h2-7,12H,8-11,13-15H2,1H3;1-6,12,16H,7-11,13-14H2,(H,27,28). The molecule has 2 heterocycles. The van der Waals surface area contributed by atoms with Crippen molar-refractivity contribution < 1.29 is 42.9 Å². The number of piperidine rings is 2. The molecule has 2 aliphatic heterocycles. The average molecular weight is 984 g/mol. The quantitative estimate of drug-likeness (QED) is 0.123. The molecule has 11 nitrogen and oxygen atoms in total. The van der Waals surface area contributed by atoms with E-state index in [0.29, 0.717) is 79.0 Å². The predicted octanol–water partition coefficient (Wildman–Crippen LogP) is 8.65. The molecule has 15 heteroatoms. The van der Waals surface area contributed by atoms with Gasteiger partial charge in [0.15, 0.2) is 13.2 Å². The maximum absolute atomic E-state index is 13.0. The van der Waals surface area contributed by atoms with E-state index >= 15 is 0 Å². The van der Waals surface area contributed by atoms with E-state index in [9.17, 15) is 28.8 Å². The van der Waals surface area contributed by atoms with E-state index in [2.05, 4.69) is 37.9 Å². The fourth-order valence-corrected chi connectivity index (χ4v) is 8.29. The number of carboxylic acids is 1. The lowest BCUT2D eigenvalue weighted by molar-refractivity contribution is -0.140. The fourth-order valence-electron chi connectivity index (χ4n) is 7.35. The molecule has 2 amide bonds. The SMILES string of the molecule is COC(=O)Cc1cc(Br)ccc1OCC(=O)N1CCC(C#N)(Cc2ccc(Cl)cc2)CC1.O=C(O)Cc1cc(Br)ccc1OCC(=O)N1CCC(Cc2ccc(F)cc2)CC1. The van der Waals surface area contributed by atoms with Crippen LogP contribution in [0.1, 0.15) is 47.9 Å². The second kappa shape index (κ2) is 22.8. The Balaban J connectivity index is 0.000000232. The first-order chi connectivity index (χ1) is 29.2. The maximum atomic E-state index is 13.0. The molecule has 0 atom stereocenters. The van der Waals surface area contributed by atoms with Crippen molar-refractivity contribution in [3.63, 3.8) is 0 Å². The maximum Gasteiger partial charge on any atom is 0.310 e. The molecule has 0 aromatic heterocycles. The number of carboxylic acid groups (broad SMARTS) is 1. The molecule has 4 aromatic carbocycles. The number of nitrogens with zero attached hydrogens (tertiary/aromatic N) is 3. The zero-order valence-electron chi connectivity index (χ0n) is 33.7. The highest BCUT2D eigenvalue weighted by Crippen LogP contribution is 2.35. The molecule has 0 aliphatic carbocycles. The minimum Gasteiger partial charge on any atom is -0.483 e. The first-order valence-electron chi connectivity index (χ1n) is 19.8. The van der Waals surface area contributed by atoms with Crippen LogP contribution in [0.15, 0.2) is 93.9 Å². The molecule has 2 aliphatic rings. The highest BCUT2D eigenvalue weighted by molar-refractivity contribution is 9.10. The van der Waals surface area contributed by atoms with Crippen molar-refractivity contribution in [1.29, 1.82) is 5.26 Å². The van der Waals surface area contributed by atoms with E-state index in [1.807, 2.05) is 36.4 Å². The molecule has 0 radical (unpaired) electrons. The van der Waals surface area contributed by atoms with Crippen LogP contribution in [0.5, 0.6) is 11.5 Å². The Morgan fingerprint density at radius 2 is 1.30 bits per heavy atom. The second-order valence-corrected chi connectivity index (χ2v) is 17.4. The van der Waals surface area contributed by atoms with E-state index < -0.39 is 11.4 Å². The molecule has 0 unspecified atom stereocenters. The molecular weight excluding hydrogens is 937 g/mol. The number of likely N-dealkylation sites (tertiary alicyclic amines) is 2. The van der Waals surface area contributed by atoms with Crippen molar-refractivity contribution >= 4 is 67.2 Å². The second-order valence-electron chi connectivity index (χ2n) is 15.1. The van der Waals surface area contributed by atoms with Crippen molar-refractivity contribution in [2.24, 2.45) is 11.3 Å². The van der Waals surface area contributed by atoms with Crippen molar-refractivity contribution in [3.8, 4) is 17.6 Å². The van der Waals surface area contributed by atoms with Crippen molar-refractivity contribution in [2.45, 2.75) is 51.4 Å². The minimum atomic E-state index is -0.956. The van der Waals surface area contributed by atoms with Gasteiger partial charge in [0.1, 0.15) is 17.3 Å². The number of aliphatic carboxylic acids is 1. The number of nitriles is 1. The third kappa shape index (κ3) is 14.6. The number of benzene rings is 4. The van der Waals surface area contributed by atoms with Crippen LogP contribution < -0.4 is 9.47 Å². The van der Waals surface area contributed by atoms with Crippen molar-refractivity contribution in [1.82, 2.24) is 9.80 Å². The number of methoxy groups -OCH3 is 1. The van der Waals surface area contributed by atoms with Gasteiger partial charge in [0.25, 0.3) is 11.8 Å². The number of hydrogen-bond donors (Lipinski definition) is 1. The molecule has 322 valence electrons. The number of ether oxygens (including phenoxy) is 3. The lowest BCUT2D eigenvalue weighted by Gasteiger charge is -2.37. The van der Waals surface area contributed by atoms with E-state index in [-0.39, 0.29) is 49.7 Å². The summed E-state index contributed by atoms with van der Waals surface area (Å²) in [4.78, 5) is 51.5. The zero-order valence-corrected chi connectivity index (χ0v) is 37.6. The molecule has 4 aromatic rings. The Bertz CT molecular complexity index is 2190. The molecule has 0 saturated carbocycles. The monoisotopic (exact) mass is 981 g/mol. The van der Waals surface area contributed by atoms with E-state index in [1.165, 1.54) is 19.2 Å². The molecule has 6 rings (SSSR count). The van der Waals surface area contributed by atoms with Crippen LogP contribution in [0.3, 0.4) is 0 Å². The summed E-state index contributed by atoms with van der Waals surface area (Å²) in [5, 5.41) is 19.5. The van der Waals surface area contributed by atoms with Gasteiger partial charge in [-0.15, -0.1) is 0 Å². The Labute approximate surface area is 377 Å². The highest BCUT2D eigenvalue weighted by atomic mass is 79.9. The fraction of sp³-hybridized carbons (Fsp3) is 0.370. The summed E-state index contributed by atoms with van der Waals surface area (Å²) in [6.45, 7) is 2.08. The lowest BCUT2D eigenvalue weighted by atomic mass is 9.75. The summed E-state index contributed by atoms with van der Waals surface area (Å²) in [7, 11) is 1.33. The summed E-state index contributed by atoms with van der Waals surface area (Å²) in [6.07, 6.45) is 4.40. The van der Waals surface area contributed by atoms with Gasteiger partial charge < -0.3 is 29.1 Å². The van der Waals surface area contributed by atoms with Gasteiger partial charge in [-0.25, -0.2) is 4.39 Å². The third-order valence-electron chi connectivity index (χ3n) is 10.8. The Morgan fingerprint density at radius 1 is 0.787 bits per heavy atom. The molecule has 1 N–H and O–H groups in total. The van der Waals surface area contributed by atoms with Gasteiger partial charge in [0.05, 0.1) is 31.4 Å². The largest absolute Gasteiger partial charge is 0.483 e. The van der Waals surface area contributed by atoms with Crippen molar-refractivity contribution in [3.05, 3.63) is 127 Å². The number of carbonyl (C=O) groups is 4. The Kier molecular flexibility index (Phi) is 17.6. The van der Waals surface area contributed by atoms with Gasteiger partial charge in [-0.05, 0) is 116 Å². The van der Waals surface area contributed by atoms with Crippen LogP contribution in [-0.4, -0.2) is 85.2 Å². The van der Waals surface area contributed by atoms with E-state index in [4.69, 9.17) is 30.9 Å². The Hall–Kier alpha value is -4.97. The summed E-state index contributed by atoms with van der Waals surface area (Å²) >= 11 is 12.7. The molecular formula is C46H47Br2ClFN3O8. The first kappa shape index (κ1) is 47.1. The number of rotatable bonds is 14. The lowest BCUT2D eigenvalue weighted by Crippen LogP contribution is -2.45. The number of esters is 1. The van der Waals surface area contributed by atoms with Gasteiger partial charge >= 0.3 is 11.9 Å². The molecule has 0 spiro atoms. The smallest absolute Gasteiger partial charge is 0.310 e. The zero-order chi connectivity index (χ0) is 43.9.